The molecule has 3 amide bonds. The molecule has 126 valence electrons. The summed E-state index contributed by atoms with van der Waals surface area (Å²) < 4.78 is 26.7. The summed E-state index contributed by atoms with van der Waals surface area (Å²) >= 11 is 0. The maximum absolute atomic E-state index is 13.3. The number of amides is 3. The van der Waals surface area contributed by atoms with Crippen molar-refractivity contribution in [1.82, 2.24) is 16.0 Å². The van der Waals surface area contributed by atoms with E-state index in [4.69, 9.17) is 5.11 Å². The third-order valence-electron chi connectivity index (χ3n) is 2.74. The summed E-state index contributed by atoms with van der Waals surface area (Å²) in [6, 6.07) is 2.57. The number of carboxylic acid groups (broad SMARTS) is 1. The second-order valence-corrected chi connectivity index (χ2v) is 4.53. The number of halogens is 2. The van der Waals surface area contributed by atoms with Crippen molar-refractivity contribution in [1.29, 1.82) is 0 Å². The van der Waals surface area contributed by atoms with Crippen molar-refractivity contribution < 1.29 is 28.3 Å². The van der Waals surface area contributed by atoms with Crippen LogP contribution in [0, 0.1) is 11.6 Å². The van der Waals surface area contributed by atoms with Crippen molar-refractivity contribution in [2.45, 2.75) is 12.8 Å². The lowest BCUT2D eigenvalue weighted by atomic mass is 10.2. The lowest BCUT2D eigenvalue weighted by molar-refractivity contribution is -0.137. The molecule has 7 nitrogen and oxygen atoms in total. The summed E-state index contributed by atoms with van der Waals surface area (Å²) in [5.74, 6) is -3.79. The van der Waals surface area contributed by atoms with Gasteiger partial charge in [-0.2, -0.15) is 0 Å². The lowest BCUT2D eigenvalue weighted by Gasteiger charge is -2.09. The number of benzene rings is 1. The van der Waals surface area contributed by atoms with Crippen LogP contribution >= 0.6 is 0 Å². The van der Waals surface area contributed by atoms with Crippen LogP contribution in [0.4, 0.5) is 13.6 Å². The number of urea groups is 1. The van der Waals surface area contributed by atoms with Gasteiger partial charge in [0.05, 0.1) is 0 Å². The van der Waals surface area contributed by atoms with Gasteiger partial charge in [-0.05, 0) is 18.6 Å². The molecule has 0 heterocycles. The molecule has 0 unspecified atom stereocenters. The Morgan fingerprint density at radius 3 is 2.13 bits per heavy atom. The van der Waals surface area contributed by atoms with E-state index in [1.807, 2.05) is 0 Å². The fourth-order valence-electron chi connectivity index (χ4n) is 1.66. The highest BCUT2D eigenvalue weighted by Gasteiger charge is 2.16. The Labute approximate surface area is 131 Å². The van der Waals surface area contributed by atoms with Crippen LogP contribution < -0.4 is 16.0 Å². The van der Waals surface area contributed by atoms with Crippen molar-refractivity contribution in [3.8, 4) is 0 Å². The Balaban J connectivity index is 2.23. The molecule has 4 N–H and O–H groups in total. The second-order valence-electron chi connectivity index (χ2n) is 4.53. The number of carbonyl (C=O) groups is 3. The largest absolute Gasteiger partial charge is 0.481 e. The number of hydrogen-bond donors (Lipinski definition) is 4. The molecule has 0 aliphatic rings. The van der Waals surface area contributed by atoms with E-state index in [2.05, 4.69) is 16.0 Å². The first-order chi connectivity index (χ1) is 10.9. The fraction of sp³-hybridized carbons (Fsp3) is 0.357. The number of carboxylic acids is 1. The van der Waals surface area contributed by atoms with Gasteiger partial charge in [0, 0.05) is 26.1 Å². The smallest absolute Gasteiger partial charge is 0.314 e. The minimum Gasteiger partial charge on any atom is -0.481 e. The first-order valence-electron chi connectivity index (χ1n) is 6.87. The van der Waals surface area contributed by atoms with E-state index in [1.54, 1.807) is 0 Å². The Hall–Kier alpha value is -2.71. The van der Waals surface area contributed by atoms with Gasteiger partial charge in [0.25, 0.3) is 5.91 Å². The van der Waals surface area contributed by atoms with Gasteiger partial charge in [0.2, 0.25) is 0 Å². The fourth-order valence-corrected chi connectivity index (χ4v) is 1.66. The SMILES string of the molecule is O=C(O)CCCNC(=O)NCCNC(=O)c1c(F)cccc1F. The van der Waals surface area contributed by atoms with Gasteiger partial charge in [-0.3, -0.25) is 9.59 Å². The van der Waals surface area contributed by atoms with Gasteiger partial charge in [0.1, 0.15) is 17.2 Å². The number of hydrogen-bond acceptors (Lipinski definition) is 3. The van der Waals surface area contributed by atoms with Crippen LogP contribution in [0.2, 0.25) is 0 Å². The minimum absolute atomic E-state index is 0.0187. The summed E-state index contributed by atoms with van der Waals surface area (Å²) in [5, 5.41) is 15.5. The van der Waals surface area contributed by atoms with E-state index in [-0.39, 0.29) is 26.1 Å². The molecule has 0 radical (unpaired) electrons. The van der Waals surface area contributed by atoms with Gasteiger partial charge in [-0.25, -0.2) is 13.6 Å². The second kappa shape index (κ2) is 9.34. The Morgan fingerprint density at radius 2 is 1.52 bits per heavy atom. The zero-order valence-electron chi connectivity index (χ0n) is 12.2. The van der Waals surface area contributed by atoms with E-state index in [0.717, 1.165) is 18.2 Å². The predicted octanol–water partition coefficient (Wildman–Crippen LogP) is 0.859. The zero-order chi connectivity index (χ0) is 17.2. The normalized spacial score (nSPS) is 10.0. The topological polar surface area (TPSA) is 108 Å². The molecule has 23 heavy (non-hydrogen) atoms. The lowest BCUT2D eigenvalue weighted by Crippen LogP contribution is -2.40. The summed E-state index contributed by atoms with van der Waals surface area (Å²) in [4.78, 5) is 33.2. The molecule has 0 spiro atoms. The van der Waals surface area contributed by atoms with E-state index in [1.165, 1.54) is 0 Å². The first-order valence-corrected chi connectivity index (χ1v) is 6.87. The van der Waals surface area contributed by atoms with Crippen LogP contribution in [-0.4, -0.2) is 42.6 Å². The van der Waals surface area contributed by atoms with E-state index in [9.17, 15) is 23.2 Å². The highest BCUT2D eigenvalue weighted by molar-refractivity contribution is 5.94. The maximum Gasteiger partial charge on any atom is 0.314 e. The number of rotatable bonds is 8. The molecule has 0 saturated carbocycles. The first kappa shape index (κ1) is 18.3. The molecule has 0 fully saturated rings. The molecule has 9 heteroatoms. The quantitative estimate of drug-likeness (QED) is 0.531. The molecule has 0 atom stereocenters. The highest BCUT2D eigenvalue weighted by atomic mass is 19.1. The molecular formula is C14H17F2N3O4. The molecule has 1 rings (SSSR count). The van der Waals surface area contributed by atoms with Gasteiger partial charge in [0.15, 0.2) is 0 Å². The zero-order valence-corrected chi connectivity index (χ0v) is 12.2. The highest BCUT2D eigenvalue weighted by Crippen LogP contribution is 2.11. The number of carbonyl (C=O) groups excluding carboxylic acids is 2. The molecule has 0 aromatic heterocycles. The molecule has 0 aliphatic heterocycles. The van der Waals surface area contributed by atoms with Crippen LogP contribution in [0.3, 0.4) is 0 Å². The Bertz CT molecular complexity index is 561. The minimum atomic E-state index is -0.966. The Morgan fingerprint density at radius 1 is 0.957 bits per heavy atom. The van der Waals surface area contributed by atoms with Crippen LogP contribution in [0.1, 0.15) is 23.2 Å². The van der Waals surface area contributed by atoms with Crippen LogP contribution in [0.25, 0.3) is 0 Å². The third kappa shape index (κ3) is 6.72. The van der Waals surface area contributed by atoms with Crippen molar-refractivity contribution in [3.05, 3.63) is 35.4 Å². The van der Waals surface area contributed by atoms with Gasteiger partial charge < -0.3 is 21.1 Å². The number of aliphatic carboxylic acids is 1. The molecule has 0 bridgehead atoms. The van der Waals surface area contributed by atoms with Crippen molar-refractivity contribution >= 4 is 17.9 Å². The van der Waals surface area contributed by atoms with Crippen molar-refractivity contribution in [2.75, 3.05) is 19.6 Å². The van der Waals surface area contributed by atoms with Crippen molar-refractivity contribution in [3.63, 3.8) is 0 Å². The summed E-state index contributed by atoms with van der Waals surface area (Å²) in [6.07, 6.45) is 0.247. The van der Waals surface area contributed by atoms with Crippen LogP contribution in [0.15, 0.2) is 18.2 Å². The van der Waals surface area contributed by atoms with Crippen molar-refractivity contribution in [2.24, 2.45) is 0 Å². The summed E-state index contributed by atoms with van der Waals surface area (Å²) in [6.45, 7) is 0.229. The molecule has 0 saturated heterocycles. The number of nitrogens with one attached hydrogen (secondary N) is 3. The van der Waals surface area contributed by atoms with E-state index < -0.39 is 35.1 Å². The molecular weight excluding hydrogens is 312 g/mol. The van der Waals surface area contributed by atoms with E-state index in [0.29, 0.717) is 6.42 Å². The molecule has 1 aromatic rings. The van der Waals surface area contributed by atoms with Gasteiger partial charge >= 0.3 is 12.0 Å². The average molecular weight is 329 g/mol. The van der Waals surface area contributed by atoms with Gasteiger partial charge in [-0.1, -0.05) is 6.07 Å². The monoisotopic (exact) mass is 329 g/mol. The standard InChI is InChI=1S/C14H17F2N3O4/c15-9-3-1-4-10(16)12(9)13(22)17-7-8-19-14(23)18-6-2-5-11(20)21/h1,3-4H,2,5-8H2,(H,17,22)(H,20,21)(H2,18,19,23). The third-order valence-corrected chi connectivity index (χ3v) is 2.74. The maximum atomic E-state index is 13.3. The predicted molar refractivity (Wildman–Crippen MR) is 77.0 cm³/mol. The molecule has 0 aliphatic carbocycles. The van der Waals surface area contributed by atoms with E-state index >= 15 is 0 Å². The van der Waals surface area contributed by atoms with Gasteiger partial charge in [-0.15, -0.1) is 0 Å². The summed E-state index contributed by atoms with van der Waals surface area (Å²) in [5.41, 5.74) is -0.675. The molecule has 1 aromatic carbocycles. The Kier molecular flexibility index (Phi) is 7.44. The van der Waals surface area contributed by atoms with Crippen LogP contribution in [-0.2, 0) is 4.79 Å². The average Bonchev–Trinajstić information content (AvgIpc) is 2.48. The summed E-state index contributed by atoms with van der Waals surface area (Å²) in [7, 11) is 0. The van der Waals surface area contributed by atoms with Crippen LogP contribution in [0.5, 0.6) is 0 Å².